The summed E-state index contributed by atoms with van der Waals surface area (Å²) in [7, 11) is -3.95. The second kappa shape index (κ2) is 5.57. The number of rotatable bonds is 6. The van der Waals surface area contributed by atoms with Crippen molar-refractivity contribution < 1.29 is 22.7 Å². The molecule has 0 fully saturated rings. The van der Waals surface area contributed by atoms with Gasteiger partial charge in [-0.15, -0.1) is 0 Å². The van der Waals surface area contributed by atoms with E-state index in [1.165, 1.54) is 13.8 Å². The van der Waals surface area contributed by atoms with E-state index in [1.54, 1.807) is 6.92 Å². The zero-order chi connectivity index (χ0) is 15.7. The number of hydrogen-bond donors (Lipinski definition) is 2. The van der Waals surface area contributed by atoms with E-state index in [0.29, 0.717) is 12.8 Å². The molecular formula is C13H21NO5S. The van der Waals surface area contributed by atoms with Gasteiger partial charge < -0.3 is 9.52 Å². The lowest BCUT2D eigenvalue weighted by Gasteiger charge is -2.27. The largest absolute Gasteiger partial charge is 0.478 e. The van der Waals surface area contributed by atoms with Gasteiger partial charge in [0, 0.05) is 5.54 Å². The fourth-order valence-electron chi connectivity index (χ4n) is 2.00. The van der Waals surface area contributed by atoms with E-state index in [9.17, 15) is 18.3 Å². The highest BCUT2D eigenvalue weighted by Crippen LogP contribution is 2.28. The fraction of sp³-hybridized carbons (Fsp3) is 0.615. The average molecular weight is 303 g/mol. The second-order valence-electron chi connectivity index (χ2n) is 5.10. The first-order valence-electron chi connectivity index (χ1n) is 6.45. The molecule has 1 aromatic rings. The van der Waals surface area contributed by atoms with Crippen molar-refractivity contribution in [3.63, 3.8) is 0 Å². The molecule has 0 amide bonds. The maximum atomic E-state index is 12.5. The van der Waals surface area contributed by atoms with Gasteiger partial charge in [-0.25, -0.2) is 17.9 Å². The van der Waals surface area contributed by atoms with E-state index >= 15 is 0 Å². The summed E-state index contributed by atoms with van der Waals surface area (Å²) in [6.07, 6.45) is 1.20. The van der Waals surface area contributed by atoms with Crippen LogP contribution in [0.1, 0.15) is 55.5 Å². The molecule has 0 spiro atoms. The molecule has 0 saturated heterocycles. The van der Waals surface area contributed by atoms with Crippen LogP contribution in [0.25, 0.3) is 0 Å². The van der Waals surface area contributed by atoms with Crippen molar-refractivity contribution in [3.8, 4) is 0 Å². The summed E-state index contributed by atoms with van der Waals surface area (Å²) in [5.74, 6) is -1.14. The standard InChI is InChI=1S/C13H21NO5S/c1-6-13(5,7-2)14-20(17,18)11-9(4)19-8(3)10(11)12(15)16/h14H,6-7H2,1-5H3,(H,15,16). The summed E-state index contributed by atoms with van der Waals surface area (Å²) in [4.78, 5) is 11.0. The fourth-order valence-corrected chi connectivity index (χ4v) is 3.96. The van der Waals surface area contributed by atoms with Crippen LogP contribution < -0.4 is 4.72 Å². The van der Waals surface area contributed by atoms with Crippen LogP contribution in [0.15, 0.2) is 9.31 Å². The van der Waals surface area contributed by atoms with E-state index < -0.39 is 21.5 Å². The van der Waals surface area contributed by atoms with Crippen molar-refractivity contribution in [2.24, 2.45) is 0 Å². The van der Waals surface area contributed by atoms with Gasteiger partial charge in [0.1, 0.15) is 22.0 Å². The third-order valence-corrected chi connectivity index (χ3v) is 5.42. The van der Waals surface area contributed by atoms with E-state index in [2.05, 4.69) is 4.72 Å². The van der Waals surface area contributed by atoms with Crippen molar-refractivity contribution >= 4 is 16.0 Å². The Hall–Kier alpha value is -1.34. The van der Waals surface area contributed by atoms with Gasteiger partial charge in [0.15, 0.2) is 0 Å². The molecule has 1 heterocycles. The number of sulfonamides is 1. The topological polar surface area (TPSA) is 96.6 Å². The van der Waals surface area contributed by atoms with Crippen LogP contribution in [0.5, 0.6) is 0 Å². The van der Waals surface area contributed by atoms with Crippen molar-refractivity contribution in [3.05, 3.63) is 17.1 Å². The van der Waals surface area contributed by atoms with Gasteiger partial charge in [-0.2, -0.15) is 0 Å². The number of carbonyl (C=O) groups is 1. The van der Waals surface area contributed by atoms with Crippen molar-refractivity contribution in [1.82, 2.24) is 4.72 Å². The lowest BCUT2D eigenvalue weighted by molar-refractivity contribution is 0.0691. The molecule has 0 aromatic carbocycles. The van der Waals surface area contributed by atoms with Crippen molar-refractivity contribution in [2.75, 3.05) is 0 Å². The molecule has 2 N–H and O–H groups in total. The van der Waals surface area contributed by atoms with Crippen LogP contribution in [-0.4, -0.2) is 25.0 Å². The summed E-state index contributed by atoms with van der Waals surface area (Å²) < 4.78 is 32.7. The maximum absolute atomic E-state index is 12.5. The van der Waals surface area contributed by atoms with Crippen LogP contribution in [0.2, 0.25) is 0 Å². The Morgan fingerprint density at radius 3 is 2.15 bits per heavy atom. The second-order valence-corrected chi connectivity index (χ2v) is 6.72. The number of carboxylic acid groups (broad SMARTS) is 1. The van der Waals surface area contributed by atoms with Crippen LogP contribution in [0.4, 0.5) is 0 Å². The van der Waals surface area contributed by atoms with E-state index in [4.69, 9.17) is 4.42 Å². The van der Waals surface area contributed by atoms with Gasteiger partial charge >= 0.3 is 5.97 Å². The van der Waals surface area contributed by atoms with E-state index in [1.807, 2.05) is 13.8 Å². The monoisotopic (exact) mass is 303 g/mol. The predicted octanol–water partition coefficient (Wildman–Crippen LogP) is 2.45. The number of furan rings is 1. The molecule has 0 atom stereocenters. The van der Waals surface area contributed by atoms with E-state index in [0.717, 1.165) is 0 Å². The average Bonchev–Trinajstić information content (AvgIpc) is 2.64. The maximum Gasteiger partial charge on any atom is 0.340 e. The first-order valence-corrected chi connectivity index (χ1v) is 7.93. The lowest BCUT2D eigenvalue weighted by atomic mass is 9.98. The molecular weight excluding hydrogens is 282 g/mol. The van der Waals surface area contributed by atoms with Gasteiger partial charge in [-0.05, 0) is 33.6 Å². The third-order valence-electron chi connectivity index (χ3n) is 3.63. The number of hydrogen-bond acceptors (Lipinski definition) is 4. The van der Waals surface area contributed by atoms with Crippen LogP contribution >= 0.6 is 0 Å². The van der Waals surface area contributed by atoms with Gasteiger partial charge in [0.25, 0.3) is 0 Å². The van der Waals surface area contributed by atoms with Gasteiger partial charge in [0.05, 0.1) is 0 Å². The quantitative estimate of drug-likeness (QED) is 0.841. The summed E-state index contributed by atoms with van der Waals surface area (Å²) in [5.41, 5.74) is -0.920. The molecule has 0 saturated carbocycles. The molecule has 0 bridgehead atoms. The number of aryl methyl sites for hydroxylation is 2. The molecule has 0 aliphatic carbocycles. The molecule has 0 aliphatic heterocycles. The minimum atomic E-state index is -3.95. The highest BCUT2D eigenvalue weighted by atomic mass is 32.2. The van der Waals surface area contributed by atoms with Crippen molar-refractivity contribution in [1.29, 1.82) is 0 Å². The Bertz CT molecular complexity index is 611. The smallest absolute Gasteiger partial charge is 0.340 e. The number of carboxylic acids is 1. The van der Waals surface area contributed by atoms with Gasteiger partial charge in [-0.3, -0.25) is 0 Å². The Morgan fingerprint density at radius 1 is 1.25 bits per heavy atom. The van der Waals surface area contributed by atoms with E-state index in [-0.39, 0.29) is 22.0 Å². The summed E-state index contributed by atoms with van der Waals surface area (Å²) in [6.45, 7) is 8.42. The lowest BCUT2D eigenvalue weighted by Crippen LogP contribution is -2.45. The zero-order valence-electron chi connectivity index (χ0n) is 12.4. The molecule has 114 valence electrons. The van der Waals surface area contributed by atoms with Gasteiger partial charge in [-0.1, -0.05) is 13.8 Å². The predicted molar refractivity (Wildman–Crippen MR) is 74.4 cm³/mol. The SMILES string of the molecule is CCC(C)(CC)NS(=O)(=O)c1c(C)oc(C)c1C(=O)O. The minimum Gasteiger partial charge on any atom is -0.478 e. The third kappa shape index (κ3) is 3.04. The molecule has 20 heavy (non-hydrogen) atoms. The Labute approximate surface area is 119 Å². The molecule has 6 nitrogen and oxygen atoms in total. The van der Waals surface area contributed by atoms with Crippen LogP contribution in [0.3, 0.4) is 0 Å². The molecule has 1 aromatic heterocycles. The number of nitrogens with one attached hydrogen (secondary N) is 1. The first kappa shape index (κ1) is 16.7. The first-order chi connectivity index (χ1) is 9.08. The highest BCUT2D eigenvalue weighted by molar-refractivity contribution is 7.89. The molecule has 0 unspecified atom stereocenters. The molecule has 1 rings (SSSR count). The Kier molecular flexibility index (Phi) is 4.66. The van der Waals surface area contributed by atoms with Crippen LogP contribution in [0, 0.1) is 13.8 Å². The summed E-state index contributed by atoms with van der Waals surface area (Å²) in [6, 6.07) is 0. The number of aromatic carboxylic acids is 1. The Morgan fingerprint density at radius 2 is 1.75 bits per heavy atom. The minimum absolute atomic E-state index is 0.0851. The normalized spacial score (nSPS) is 12.7. The van der Waals surface area contributed by atoms with Crippen LogP contribution in [-0.2, 0) is 10.0 Å². The summed E-state index contributed by atoms with van der Waals surface area (Å²) >= 11 is 0. The van der Waals surface area contributed by atoms with Crippen molar-refractivity contribution in [2.45, 2.75) is 57.9 Å². The molecule has 0 radical (unpaired) electrons. The zero-order valence-corrected chi connectivity index (χ0v) is 13.2. The Balaban J connectivity index is 3.41. The molecule has 0 aliphatic rings. The van der Waals surface area contributed by atoms with Gasteiger partial charge in [0.2, 0.25) is 10.0 Å². The molecule has 7 heteroatoms. The highest BCUT2D eigenvalue weighted by Gasteiger charge is 2.35. The summed E-state index contributed by atoms with van der Waals surface area (Å²) in [5, 5.41) is 9.18.